The third-order valence-corrected chi connectivity index (χ3v) is 10.3. The van der Waals surface area contributed by atoms with Crippen LogP contribution < -0.4 is 20.5 Å². The van der Waals surface area contributed by atoms with E-state index in [4.69, 9.17) is 27.5 Å². The van der Waals surface area contributed by atoms with Crippen molar-refractivity contribution in [1.82, 2.24) is 14.9 Å². The predicted octanol–water partition coefficient (Wildman–Crippen LogP) is 6.71. The number of sulfonamides is 1. The summed E-state index contributed by atoms with van der Waals surface area (Å²) in [6, 6.07) is 18.9. The van der Waals surface area contributed by atoms with Crippen molar-refractivity contribution in [2.75, 3.05) is 26.7 Å². The first-order valence-corrected chi connectivity index (χ1v) is 17.6. The molecule has 0 radical (unpaired) electrons. The maximum atomic E-state index is 14.0. The Morgan fingerprint density at radius 2 is 1.85 bits per heavy atom. The molecule has 8 nitrogen and oxygen atoms in total. The minimum atomic E-state index is -3.97. The van der Waals surface area contributed by atoms with Gasteiger partial charge >= 0.3 is 0 Å². The van der Waals surface area contributed by atoms with Crippen molar-refractivity contribution < 1.29 is 13.2 Å². The second-order valence-electron chi connectivity index (χ2n) is 11.8. The van der Waals surface area contributed by atoms with E-state index in [1.807, 2.05) is 50.4 Å². The van der Waals surface area contributed by atoms with Crippen molar-refractivity contribution in [2.24, 2.45) is 11.7 Å². The normalized spacial score (nSPS) is 14.5. The molecule has 0 saturated carbocycles. The first-order chi connectivity index (χ1) is 22.0. The fraction of sp³-hybridized carbons (Fsp3) is 0.361. The molecule has 0 spiro atoms. The molecule has 46 heavy (non-hydrogen) atoms. The molecule has 0 unspecified atom stereocenters. The molecule has 0 bridgehead atoms. The SMILES string of the molecule is C=C(CCCC1CCN(C(=C)[C@H](Cc2cccc(C(=N)N)c2)NS(=O)(=O)c2cccc(-c3ccc(OCC)cc3Cl)c2)CC1)NC. The lowest BCUT2D eigenvalue weighted by atomic mass is 9.90. The number of nitrogen functional groups attached to an aromatic ring is 1. The molecule has 10 heteroatoms. The van der Waals surface area contributed by atoms with Crippen LogP contribution in [0.25, 0.3) is 11.1 Å². The number of allylic oxidation sites excluding steroid dienone is 1. The number of rotatable bonds is 16. The van der Waals surface area contributed by atoms with Crippen LogP contribution >= 0.6 is 11.6 Å². The highest BCUT2D eigenvalue weighted by atomic mass is 35.5. The van der Waals surface area contributed by atoms with Gasteiger partial charge in [-0.1, -0.05) is 55.1 Å². The van der Waals surface area contributed by atoms with Gasteiger partial charge in [-0.15, -0.1) is 0 Å². The zero-order valence-corrected chi connectivity index (χ0v) is 28.4. The summed E-state index contributed by atoms with van der Waals surface area (Å²) in [7, 11) is -2.07. The number of benzene rings is 3. The molecule has 4 rings (SSSR count). The number of halogens is 1. The smallest absolute Gasteiger partial charge is 0.241 e. The number of amidine groups is 1. The molecule has 0 aliphatic carbocycles. The van der Waals surface area contributed by atoms with Crippen molar-refractivity contribution in [1.29, 1.82) is 5.41 Å². The van der Waals surface area contributed by atoms with Gasteiger partial charge in [0.15, 0.2) is 0 Å². The second kappa shape index (κ2) is 16.2. The zero-order valence-electron chi connectivity index (χ0n) is 26.8. The van der Waals surface area contributed by atoms with Crippen LogP contribution in [0.3, 0.4) is 0 Å². The van der Waals surface area contributed by atoms with E-state index >= 15 is 0 Å². The fourth-order valence-corrected chi connectivity index (χ4v) is 7.41. The Kier molecular flexibility index (Phi) is 12.3. The monoisotopic (exact) mass is 663 g/mol. The lowest BCUT2D eigenvalue weighted by molar-refractivity contribution is 0.206. The molecule has 1 atom stereocenters. The van der Waals surface area contributed by atoms with Crippen molar-refractivity contribution in [3.63, 3.8) is 0 Å². The highest BCUT2D eigenvalue weighted by Crippen LogP contribution is 2.33. The second-order valence-corrected chi connectivity index (χ2v) is 13.9. The van der Waals surface area contributed by atoms with Crippen LogP contribution in [0.2, 0.25) is 5.02 Å². The van der Waals surface area contributed by atoms with Gasteiger partial charge in [-0.2, -0.15) is 0 Å². The number of ether oxygens (including phenoxy) is 1. The summed E-state index contributed by atoms with van der Waals surface area (Å²) in [4.78, 5) is 2.34. The Morgan fingerprint density at radius 3 is 2.52 bits per heavy atom. The molecule has 1 fully saturated rings. The van der Waals surface area contributed by atoms with Gasteiger partial charge in [0.1, 0.15) is 11.6 Å². The highest BCUT2D eigenvalue weighted by Gasteiger charge is 2.28. The summed E-state index contributed by atoms with van der Waals surface area (Å²) in [5, 5.41) is 11.5. The number of hydrogen-bond acceptors (Lipinski definition) is 6. The lowest BCUT2D eigenvalue weighted by Crippen LogP contribution is -2.45. The minimum absolute atomic E-state index is 0.0389. The molecule has 0 amide bonds. The van der Waals surface area contributed by atoms with Gasteiger partial charge in [-0.25, -0.2) is 13.1 Å². The lowest BCUT2D eigenvalue weighted by Gasteiger charge is -2.38. The van der Waals surface area contributed by atoms with Gasteiger partial charge in [0.25, 0.3) is 0 Å². The predicted molar refractivity (Wildman–Crippen MR) is 189 cm³/mol. The number of likely N-dealkylation sites (tertiary alicyclic amines) is 1. The average molecular weight is 664 g/mol. The van der Waals surface area contributed by atoms with E-state index in [1.54, 1.807) is 30.3 Å². The first kappa shape index (κ1) is 35.1. The first-order valence-electron chi connectivity index (χ1n) is 15.8. The van der Waals surface area contributed by atoms with Crippen LogP contribution in [-0.2, 0) is 16.4 Å². The third kappa shape index (κ3) is 9.37. The average Bonchev–Trinajstić information content (AvgIpc) is 3.04. The Labute approximate surface area is 279 Å². The number of piperidine rings is 1. The standard InChI is InChI=1S/C36H46ClN5O3S/c1-5-45-31-15-16-33(34(37)24-31)29-12-8-14-32(23-29)46(43,44)41-35(22-28-11-7-13-30(21-28)36(38)39)26(3)42-19-17-27(18-20-42)10-6-9-25(2)40-4/h7-8,11-16,21,23-24,27,35,40-41H,2-3,5-6,9-10,17-20,22H2,1,4H3,(H3,38,39)/t35-/m0/s1. The van der Waals surface area contributed by atoms with E-state index in [-0.39, 0.29) is 10.7 Å². The van der Waals surface area contributed by atoms with Gasteiger partial charge < -0.3 is 20.7 Å². The van der Waals surface area contributed by atoms with E-state index in [0.29, 0.717) is 46.4 Å². The topological polar surface area (TPSA) is 121 Å². The maximum absolute atomic E-state index is 14.0. The van der Waals surface area contributed by atoms with Gasteiger partial charge in [0.2, 0.25) is 10.0 Å². The van der Waals surface area contributed by atoms with Crippen LogP contribution in [0.4, 0.5) is 0 Å². The Balaban J connectivity index is 1.55. The van der Waals surface area contributed by atoms with E-state index in [0.717, 1.165) is 62.2 Å². The van der Waals surface area contributed by atoms with E-state index < -0.39 is 16.1 Å². The summed E-state index contributed by atoms with van der Waals surface area (Å²) >= 11 is 6.57. The Hall–Kier alpha value is -3.79. The van der Waals surface area contributed by atoms with Crippen molar-refractivity contribution in [2.45, 2.75) is 56.4 Å². The maximum Gasteiger partial charge on any atom is 0.241 e. The molecule has 1 aliphatic rings. The fourth-order valence-electron chi connectivity index (χ4n) is 5.86. The Bertz CT molecular complexity index is 1650. The number of nitrogens with zero attached hydrogens (tertiary/aromatic N) is 1. The molecule has 3 aromatic rings. The van der Waals surface area contributed by atoms with E-state index in [2.05, 4.69) is 28.1 Å². The number of nitrogens with one attached hydrogen (secondary N) is 3. The quantitative estimate of drug-likeness (QED) is 0.0999. The summed E-state index contributed by atoms with van der Waals surface area (Å²) in [5.41, 5.74) is 10.4. The van der Waals surface area contributed by atoms with Gasteiger partial charge in [-0.05, 0) is 98.9 Å². The van der Waals surface area contributed by atoms with E-state index in [9.17, 15) is 8.42 Å². The molecular weight excluding hydrogens is 618 g/mol. The van der Waals surface area contributed by atoms with Crippen molar-refractivity contribution >= 4 is 27.5 Å². The molecule has 1 aliphatic heterocycles. The van der Waals surface area contributed by atoms with Gasteiger partial charge in [-0.3, -0.25) is 5.41 Å². The number of nitrogens with two attached hydrogens (primary N) is 1. The highest BCUT2D eigenvalue weighted by molar-refractivity contribution is 7.89. The third-order valence-electron chi connectivity index (χ3n) is 8.55. The van der Waals surface area contributed by atoms with Crippen LogP contribution in [0.1, 0.15) is 50.2 Å². The van der Waals surface area contributed by atoms with Crippen molar-refractivity contribution in [3.05, 3.63) is 107 Å². The van der Waals surface area contributed by atoms with Gasteiger partial charge in [0.05, 0.1) is 22.6 Å². The van der Waals surface area contributed by atoms with E-state index in [1.165, 1.54) is 0 Å². The molecule has 0 aromatic heterocycles. The molecular formula is C36H46ClN5O3S. The minimum Gasteiger partial charge on any atom is -0.494 e. The summed E-state index contributed by atoms with van der Waals surface area (Å²) in [5.74, 6) is 1.23. The van der Waals surface area contributed by atoms with Crippen molar-refractivity contribution in [3.8, 4) is 16.9 Å². The molecule has 1 heterocycles. The number of hydrogen-bond donors (Lipinski definition) is 4. The summed E-state index contributed by atoms with van der Waals surface area (Å²) in [6.07, 6.45) is 5.61. The summed E-state index contributed by atoms with van der Waals surface area (Å²) in [6.45, 7) is 12.5. The van der Waals surface area contributed by atoms with Crippen LogP contribution in [0.15, 0.2) is 96.2 Å². The van der Waals surface area contributed by atoms with Crippen LogP contribution in [0.5, 0.6) is 5.75 Å². The van der Waals surface area contributed by atoms with Crippen LogP contribution in [0, 0.1) is 11.3 Å². The molecule has 246 valence electrons. The largest absolute Gasteiger partial charge is 0.494 e. The zero-order chi connectivity index (χ0) is 33.3. The Morgan fingerprint density at radius 1 is 1.11 bits per heavy atom. The molecule has 5 N–H and O–H groups in total. The summed E-state index contributed by atoms with van der Waals surface area (Å²) < 4.78 is 36.4. The van der Waals surface area contributed by atoms with Crippen LogP contribution in [-0.4, -0.2) is 51.9 Å². The molecule has 3 aromatic carbocycles. The van der Waals surface area contributed by atoms with Gasteiger partial charge in [0, 0.05) is 42.7 Å². The molecule has 1 saturated heterocycles.